The number of rotatable bonds is 4. The minimum absolute atomic E-state index is 0.304. The molecule has 2 aromatic heterocycles. The van der Waals surface area contributed by atoms with Gasteiger partial charge in [0, 0.05) is 6.20 Å². The minimum atomic E-state index is 0.304. The van der Waals surface area contributed by atoms with Gasteiger partial charge in [-0.1, -0.05) is 17.7 Å². The van der Waals surface area contributed by atoms with E-state index in [4.69, 9.17) is 17.4 Å². The lowest BCUT2D eigenvalue weighted by Crippen LogP contribution is -2.12. The molecule has 0 unspecified atom stereocenters. The second-order valence-corrected chi connectivity index (χ2v) is 3.62. The first kappa shape index (κ1) is 11.6. The van der Waals surface area contributed by atoms with Gasteiger partial charge in [-0.2, -0.15) is 4.98 Å². The fourth-order valence-corrected chi connectivity index (χ4v) is 1.40. The van der Waals surface area contributed by atoms with Gasteiger partial charge in [0.15, 0.2) is 5.82 Å². The predicted molar refractivity (Wildman–Crippen MR) is 66.4 cm³/mol. The summed E-state index contributed by atoms with van der Waals surface area (Å²) in [6.07, 6.45) is 3.20. The molecule has 0 aliphatic heterocycles. The van der Waals surface area contributed by atoms with Crippen LogP contribution in [-0.2, 0) is 6.54 Å². The smallest absolute Gasteiger partial charge is 0.239 e. The molecule has 0 atom stereocenters. The van der Waals surface area contributed by atoms with Crippen LogP contribution in [0, 0.1) is 0 Å². The molecule has 4 N–H and O–H groups in total. The molecule has 0 fully saturated rings. The average molecular weight is 251 g/mol. The fraction of sp³-hybridized carbons (Fsp3) is 0.100. The third-order valence-corrected chi connectivity index (χ3v) is 2.31. The molecule has 6 nitrogen and oxygen atoms in total. The Morgan fingerprint density at radius 3 is 2.88 bits per heavy atom. The maximum atomic E-state index is 5.94. The van der Waals surface area contributed by atoms with E-state index in [9.17, 15) is 0 Å². The van der Waals surface area contributed by atoms with Gasteiger partial charge in [0.1, 0.15) is 5.02 Å². The summed E-state index contributed by atoms with van der Waals surface area (Å²) in [6, 6.07) is 5.68. The number of pyridine rings is 1. The Balaban J connectivity index is 2.08. The Morgan fingerprint density at radius 1 is 1.29 bits per heavy atom. The molecule has 2 heterocycles. The van der Waals surface area contributed by atoms with Gasteiger partial charge in [0.2, 0.25) is 5.95 Å². The molecule has 2 rings (SSSR count). The zero-order valence-electron chi connectivity index (χ0n) is 8.89. The van der Waals surface area contributed by atoms with Crippen LogP contribution in [0.25, 0.3) is 0 Å². The van der Waals surface area contributed by atoms with Gasteiger partial charge in [-0.05, 0) is 12.1 Å². The summed E-state index contributed by atoms with van der Waals surface area (Å²) in [5.41, 5.74) is 3.25. The van der Waals surface area contributed by atoms with Crippen LogP contribution in [0.5, 0.6) is 0 Å². The number of nitrogens with zero attached hydrogens (tertiary/aromatic N) is 3. The molecule has 0 aliphatic rings. The molecule has 0 saturated heterocycles. The van der Waals surface area contributed by atoms with E-state index < -0.39 is 0 Å². The number of nitrogens with two attached hydrogens (primary N) is 1. The SMILES string of the molecule is NNc1ncc(Cl)c(NCc2ccccn2)n1. The van der Waals surface area contributed by atoms with Gasteiger partial charge in [0.05, 0.1) is 18.4 Å². The van der Waals surface area contributed by atoms with Crippen LogP contribution in [0.1, 0.15) is 5.69 Å². The number of anilines is 2. The Kier molecular flexibility index (Phi) is 3.69. The van der Waals surface area contributed by atoms with Gasteiger partial charge < -0.3 is 5.32 Å². The molecule has 0 aromatic carbocycles. The summed E-state index contributed by atoms with van der Waals surface area (Å²) in [6.45, 7) is 0.529. The largest absolute Gasteiger partial charge is 0.363 e. The number of aromatic nitrogens is 3. The second-order valence-electron chi connectivity index (χ2n) is 3.21. The lowest BCUT2D eigenvalue weighted by atomic mass is 10.3. The number of hydrazine groups is 1. The van der Waals surface area contributed by atoms with Crippen LogP contribution in [0.2, 0.25) is 5.02 Å². The maximum absolute atomic E-state index is 5.94. The predicted octanol–water partition coefficient (Wildman–Crippen LogP) is 1.42. The zero-order chi connectivity index (χ0) is 12.1. The monoisotopic (exact) mass is 250 g/mol. The van der Waals surface area contributed by atoms with E-state index in [0.717, 1.165) is 5.69 Å². The maximum Gasteiger partial charge on any atom is 0.239 e. The third kappa shape index (κ3) is 3.02. The normalized spacial score (nSPS) is 10.0. The van der Waals surface area contributed by atoms with Crippen molar-refractivity contribution in [1.82, 2.24) is 15.0 Å². The zero-order valence-corrected chi connectivity index (χ0v) is 9.65. The molecule has 7 heteroatoms. The lowest BCUT2D eigenvalue weighted by molar-refractivity contribution is 1.02. The number of nitrogen functional groups attached to an aromatic ring is 1. The van der Waals surface area contributed by atoms with Crippen molar-refractivity contribution < 1.29 is 0 Å². The summed E-state index contributed by atoms with van der Waals surface area (Å²) >= 11 is 5.94. The van der Waals surface area contributed by atoms with E-state index in [1.165, 1.54) is 6.20 Å². The van der Waals surface area contributed by atoms with E-state index in [1.54, 1.807) is 6.20 Å². The molecule has 0 amide bonds. The van der Waals surface area contributed by atoms with E-state index in [2.05, 4.69) is 25.7 Å². The summed E-state index contributed by atoms with van der Waals surface area (Å²) in [4.78, 5) is 12.1. The number of hydrogen-bond acceptors (Lipinski definition) is 6. The van der Waals surface area contributed by atoms with Crippen LogP contribution >= 0.6 is 11.6 Å². The summed E-state index contributed by atoms with van der Waals surface area (Å²) < 4.78 is 0. The van der Waals surface area contributed by atoms with Crippen molar-refractivity contribution in [2.75, 3.05) is 10.7 Å². The molecular formula is C10H11ClN6. The lowest BCUT2D eigenvalue weighted by Gasteiger charge is -2.07. The van der Waals surface area contributed by atoms with Crippen LogP contribution in [0.4, 0.5) is 11.8 Å². The van der Waals surface area contributed by atoms with Gasteiger partial charge in [-0.15, -0.1) is 0 Å². The van der Waals surface area contributed by atoms with Crippen molar-refractivity contribution in [3.05, 3.63) is 41.3 Å². The molecule has 0 saturated carbocycles. The minimum Gasteiger partial charge on any atom is -0.363 e. The molecule has 0 bridgehead atoms. The highest BCUT2D eigenvalue weighted by molar-refractivity contribution is 6.32. The van der Waals surface area contributed by atoms with Crippen molar-refractivity contribution in [3.63, 3.8) is 0 Å². The summed E-state index contributed by atoms with van der Waals surface area (Å²) in [5, 5.41) is 3.49. The van der Waals surface area contributed by atoms with Gasteiger partial charge in [-0.3, -0.25) is 10.4 Å². The highest BCUT2D eigenvalue weighted by Gasteiger charge is 2.04. The van der Waals surface area contributed by atoms with Crippen LogP contribution in [0.3, 0.4) is 0 Å². The Hall–Kier alpha value is -1.92. The highest BCUT2D eigenvalue weighted by Crippen LogP contribution is 2.19. The standard InChI is InChI=1S/C10H11ClN6/c11-8-6-15-10(17-12)16-9(8)14-5-7-3-1-2-4-13-7/h1-4,6H,5,12H2,(H2,14,15,16,17). The molecule has 0 aliphatic carbocycles. The van der Waals surface area contributed by atoms with E-state index >= 15 is 0 Å². The first-order chi connectivity index (χ1) is 8.29. The third-order valence-electron chi connectivity index (χ3n) is 2.04. The van der Waals surface area contributed by atoms with Crippen molar-refractivity contribution in [2.45, 2.75) is 6.54 Å². The highest BCUT2D eigenvalue weighted by atomic mass is 35.5. The molecule has 88 valence electrons. The summed E-state index contributed by atoms with van der Waals surface area (Å²) in [5.74, 6) is 6.04. The van der Waals surface area contributed by atoms with Crippen molar-refractivity contribution in [3.8, 4) is 0 Å². The topological polar surface area (TPSA) is 88.8 Å². The molecule has 0 radical (unpaired) electrons. The van der Waals surface area contributed by atoms with Gasteiger partial charge in [0.25, 0.3) is 0 Å². The van der Waals surface area contributed by atoms with Crippen LogP contribution in [0.15, 0.2) is 30.6 Å². The second kappa shape index (κ2) is 5.42. The number of hydrogen-bond donors (Lipinski definition) is 3. The van der Waals surface area contributed by atoms with Crippen molar-refractivity contribution in [1.29, 1.82) is 0 Å². The molecule has 0 spiro atoms. The van der Waals surface area contributed by atoms with E-state index in [0.29, 0.717) is 23.3 Å². The Morgan fingerprint density at radius 2 is 2.18 bits per heavy atom. The Bertz CT molecular complexity index is 489. The quantitative estimate of drug-likeness (QED) is 0.562. The summed E-state index contributed by atoms with van der Waals surface area (Å²) in [7, 11) is 0. The average Bonchev–Trinajstić information content (AvgIpc) is 2.39. The van der Waals surface area contributed by atoms with E-state index in [1.807, 2.05) is 18.2 Å². The van der Waals surface area contributed by atoms with Crippen LogP contribution in [-0.4, -0.2) is 15.0 Å². The van der Waals surface area contributed by atoms with E-state index in [-0.39, 0.29) is 0 Å². The van der Waals surface area contributed by atoms with Crippen LogP contribution < -0.4 is 16.6 Å². The first-order valence-corrected chi connectivity index (χ1v) is 5.30. The van der Waals surface area contributed by atoms with Crippen molar-refractivity contribution in [2.24, 2.45) is 5.84 Å². The first-order valence-electron chi connectivity index (χ1n) is 4.92. The molecule has 2 aromatic rings. The number of halogens is 1. The Labute approximate surface area is 103 Å². The number of nitrogens with one attached hydrogen (secondary N) is 2. The van der Waals surface area contributed by atoms with Gasteiger partial charge >= 0.3 is 0 Å². The molecular weight excluding hydrogens is 240 g/mol. The fourth-order valence-electron chi connectivity index (χ4n) is 1.24. The van der Waals surface area contributed by atoms with Crippen molar-refractivity contribution >= 4 is 23.4 Å². The molecule has 17 heavy (non-hydrogen) atoms. The van der Waals surface area contributed by atoms with Gasteiger partial charge in [-0.25, -0.2) is 10.8 Å².